The summed E-state index contributed by atoms with van der Waals surface area (Å²) >= 11 is 0. The highest BCUT2D eigenvalue weighted by Crippen LogP contribution is 2.24. The molecule has 1 aliphatic heterocycles. The molecule has 0 fully saturated rings. The first kappa shape index (κ1) is 18.2. The Morgan fingerprint density at radius 3 is 2.07 bits per heavy atom. The van der Waals surface area contributed by atoms with Gasteiger partial charge in [0.05, 0.1) is 16.7 Å². The second-order valence-electron chi connectivity index (χ2n) is 6.73. The van der Waals surface area contributed by atoms with E-state index < -0.39 is 29.4 Å². The Balaban J connectivity index is 1.85. The molecule has 2 amide bonds. The number of fused-ring (bicyclic) bond motifs is 1. The van der Waals surface area contributed by atoms with Gasteiger partial charge in [0.15, 0.2) is 5.69 Å². The number of carbonyl (C=O) groups is 4. The zero-order valence-corrected chi connectivity index (χ0v) is 14.9. The number of nitrogens with zero attached hydrogens (tertiary/aromatic N) is 2. The van der Waals surface area contributed by atoms with Crippen molar-refractivity contribution < 1.29 is 28.8 Å². The molecule has 2 aromatic rings. The van der Waals surface area contributed by atoms with Crippen LogP contribution < -0.4 is 0 Å². The first-order valence-corrected chi connectivity index (χ1v) is 8.07. The summed E-state index contributed by atoms with van der Waals surface area (Å²) in [6.07, 6.45) is 1.28. The second-order valence-corrected chi connectivity index (χ2v) is 6.73. The fraction of sp³-hybridized carbons (Fsp3) is 0.211. The number of hydroxylamine groups is 2. The van der Waals surface area contributed by atoms with Gasteiger partial charge in [-0.05, 0) is 45.0 Å². The lowest BCUT2D eigenvalue weighted by Gasteiger charge is -2.20. The van der Waals surface area contributed by atoms with Gasteiger partial charge in [-0.15, -0.1) is 0 Å². The Hall–Kier alpha value is -3.55. The molecule has 0 radical (unpaired) electrons. The van der Waals surface area contributed by atoms with Gasteiger partial charge in [-0.3, -0.25) is 9.59 Å². The Morgan fingerprint density at radius 2 is 1.52 bits per heavy atom. The van der Waals surface area contributed by atoms with Gasteiger partial charge in [-0.1, -0.05) is 17.2 Å². The summed E-state index contributed by atoms with van der Waals surface area (Å²) in [5, 5.41) is 0.362. The predicted octanol–water partition coefficient (Wildman–Crippen LogP) is 2.40. The van der Waals surface area contributed by atoms with Crippen LogP contribution in [-0.2, 0) is 9.57 Å². The number of amides is 2. The molecular weight excluding hydrogens is 352 g/mol. The molecule has 3 rings (SSSR count). The SMILES string of the molecule is CC(C)(C)OC(=O)c1cccnc1C(=O)ON1C(=O)c2ccccc2C1=O. The first-order chi connectivity index (χ1) is 12.7. The number of pyridine rings is 1. The van der Waals surface area contributed by atoms with E-state index in [1.807, 2.05) is 0 Å². The van der Waals surface area contributed by atoms with Crippen LogP contribution in [-0.4, -0.2) is 39.4 Å². The fourth-order valence-corrected chi connectivity index (χ4v) is 2.44. The predicted molar refractivity (Wildman–Crippen MR) is 91.8 cm³/mol. The standard InChI is InChI=1S/C19H16N2O6/c1-19(2,3)26-17(24)13-9-6-10-20-14(13)18(25)27-21-15(22)11-7-4-5-8-12(11)16(21)23/h4-10H,1-3H3. The van der Waals surface area contributed by atoms with Crippen molar-refractivity contribution in [3.05, 3.63) is 65.0 Å². The first-order valence-electron chi connectivity index (χ1n) is 8.07. The highest BCUT2D eigenvalue weighted by molar-refractivity contribution is 6.21. The monoisotopic (exact) mass is 368 g/mol. The average Bonchev–Trinajstić information content (AvgIpc) is 2.85. The van der Waals surface area contributed by atoms with Crippen molar-refractivity contribution in [2.45, 2.75) is 26.4 Å². The number of benzene rings is 1. The van der Waals surface area contributed by atoms with Crippen molar-refractivity contribution in [1.29, 1.82) is 0 Å². The minimum atomic E-state index is -1.12. The normalized spacial score (nSPS) is 13.4. The molecule has 1 aromatic carbocycles. The number of esters is 1. The zero-order valence-electron chi connectivity index (χ0n) is 14.9. The Kier molecular flexibility index (Phi) is 4.49. The van der Waals surface area contributed by atoms with E-state index in [2.05, 4.69) is 4.98 Å². The number of aromatic nitrogens is 1. The molecule has 1 aliphatic rings. The Morgan fingerprint density at radius 1 is 0.926 bits per heavy atom. The molecule has 27 heavy (non-hydrogen) atoms. The fourth-order valence-electron chi connectivity index (χ4n) is 2.44. The van der Waals surface area contributed by atoms with Gasteiger partial charge in [-0.25, -0.2) is 14.6 Å². The molecule has 0 aliphatic carbocycles. The molecule has 138 valence electrons. The van der Waals surface area contributed by atoms with Crippen molar-refractivity contribution in [2.24, 2.45) is 0 Å². The third-order valence-corrected chi connectivity index (χ3v) is 3.55. The van der Waals surface area contributed by atoms with E-state index in [1.165, 1.54) is 30.5 Å². The Bertz CT molecular complexity index is 926. The van der Waals surface area contributed by atoms with Crippen molar-refractivity contribution in [3.8, 4) is 0 Å². The van der Waals surface area contributed by atoms with Crippen LogP contribution >= 0.6 is 0 Å². The molecule has 0 unspecified atom stereocenters. The van der Waals surface area contributed by atoms with Crippen LogP contribution in [0.2, 0.25) is 0 Å². The van der Waals surface area contributed by atoms with Gasteiger partial charge >= 0.3 is 11.9 Å². The minimum absolute atomic E-state index is 0.128. The van der Waals surface area contributed by atoms with Crippen molar-refractivity contribution in [1.82, 2.24) is 10.0 Å². The van der Waals surface area contributed by atoms with E-state index in [4.69, 9.17) is 9.57 Å². The van der Waals surface area contributed by atoms with Crippen LogP contribution in [0.1, 0.15) is 62.3 Å². The van der Waals surface area contributed by atoms with Gasteiger partial charge in [0, 0.05) is 6.20 Å². The van der Waals surface area contributed by atoms with E-state index in [0.717, 1.165) is 0 Å². The number of imide groups is 1. The molecule has 2 heterocycles. The summed E-state index contributed by atoms with van der Waals surface area (Å²) in [6, 6.07) is 8.90. The molecule has 0 saturated carbocycles. The molecule has 0 spiro atoms. The maximum Gasteiger partial charge on any atom is 0.383 e. The van der Waals surface area contributed by atoms with E-state index in [-0.39, 0.29) is 22.4 Å². The third kappa shape index (κ3) is 3.55. The molecule has 0 N–H and O–H groups in total. The summed E-state index contributed by atoms with van der Waals surface area (Å²) in [4.78, 5) is 58.2. The number of carbonyl (C=O) groups excluding carboxylic acids is 4. The van der Waals surface area contributed by atoms with Gasteiger partial charge in [0.2, 0.25) is 0 Å². The molecule has 0 atom stereocenters. The molecular formula is C19H16N2O6. The average molecular weight is 368 g/mol. The van der Waals surface area contributed by atoms with Gasteiger partial charge in [0.1, 0.15) is 5.60 Å². The minimum Gasteiger partial charge on any atom is -0.456 e. The number of hydrogen-bond acceptors (Lipinski definition) is 7. The molecule has 8 heteroatoms. The summed E-state index contributed by atoms with van der Waals surface area (Å²) < 4.78 is 5.24. The van der Waals surface area contributed by atoms with Crippen LogP contribution in [0.4, 0.5) is 0 Å². The van der Waals surface area contributed by atoms with E-state index >= 15 is 0 Å². The maximum atomic E-state index is 12.5. The topological polar surface area (TPSA) is 103 Å². The quantitative estimate of drug-likeness (QED) is 0.605. The Labute approximate surface area is 154 Å². The van der Waals surface area contributed by atoms with Gasteiger partial charge < -0.3 is 9.57 Å². The smallest absolute Gasteiger partial charge is 0.383 e. The highest BCUT2D eigenvalue weighted by atomic mass is 16.7. The van der Waals surface area contributed by atoms with Crippen LogP contribution in [0.15, 0.2) is 42.6 Å². The van der Waals surface area contributed by atoms with Crippen molar-refractivity contribution in [2.75, 3.05) is 0 Å². The van der Waals surface area contributed by atoms with E-state index in [1.54, 1.807) is 32.9 Å². The second kappa shape index (κ2) is 6.64. The number of rotatable bonds is 3. The third-order valence-electron chi connectivity index (χ3n) is 3.55. The van der Waals surface area contributed by atoms with E-state index in [9.17, 15) is 19.2 Å². The maximum absolute atomic E-state index is 12.5. The lowest BCUT2D eigenvalue weighted by molar-refractivity contribution is -0.0590. The number of ether oxygens (including phenoxy) is 1. The summed E-state index contributed by atoms with van der Waals surface area (Å²) in [7, 11) is 0. The summed E-state index contributed by atoms with van der Waals surface area (Å²) in [5.74, 6) is -3.42. The van der Waals surface area contributed by atoms with Crippen LogP contribution in [0, 0.1) is 0 Å². The number of hydrogen-bond donors (Lipinski definition) is 0. The lowest BCUT2D eigenvalue weighted by Crippen LogP contribution is -2.34. The summed E-state index contributed by atoms with van der Waals surface area (Å²) in [5.41, 5.74) is -1.01. The largest absolute Gasteiger partial charge is 0.456 e. The van der Waals surface area contributed by atoms with Gasteiger partial charge in [-0.2, -0.15) is 0 Å². The molecule has 0 saturated heterocycles. The van der Waals surface area contributed by atoms with Crippen molar-refractivity contribution >= 4 is 23.8 Å². The summed E-state index contributed by atoms with van der Waals surface area (Å²) in [6.45, 7) is 5.04. The van der Waals surface area contributed by atoms with Crippen LogP contribution in [0.5, 0.6) is 0 Å². The zero-order chi connectivity index (χ0) is 19.8. The molecule has 8 nitrogen and oxygen atoms in total. The highest BCUT2D eigenvalue weighted by Gasteiger charge is 2.39. The van der Waals surface area contributed by atoms with Crippen molar-refractivity contribution in [3.63, 3.8) is 0 Å². The van der Waals surface area contributed by atoms with Crippen LogP contribution in [0.3, 0.4) is 0 Å². The van der Waals surface area contributed by atoms with Gasteiger partial charge in [0.25, 0.3) is 11.8 Å². The molecule has 1 aromatic heterocycles. The molecule has 0 bridgehead atoms. The van der Waals surface area contributed by atoms with E-state index in [0.29, 0.717) is 5.06 Å². The lowest BCUT2D eigenvalue weighted by atomic mass is 10.1. The van der Waals surface area contributed by atoms with Crippen LogP contribution in [0.25, 0.3) is 0 Å².